The average Bonchev–Trinajstić information content (AvgIpc) is 3.39. The molecule has 0 saturated carbocycles. The maximum Gasteiger partial charge on any atom is 0.306 e. The summed E-state index contributed by atoms with van der Waals surface area (Å²) >= 11 is 0. The maximum atomic E-state index is 12.9. The molecule has 0 rings (SSSR count). The van der Waals surface area contributed by atoms with Crippen molar-refractivity contribution in [1.29, 1.82) is 0 Å². The number of hydrogen-bond donors (Lipinski definition) is 0. The van der Waals surface area contributed by atoms with Crippen LogP contribution in [0.5, 0.6) is 0 Å². The molecule has 0 amide bonds. The zero-order chi connectivity index (χ0) is 52.9. The molecule has 0 bridgehead atoms. The van der Waals surface area contributed by atoms with Crippen molar-refractivity contribution in [3.8, 4) is 0 Å². The molecule has 0 heterocycles. The van der Waals surface area contributed by atoms with E-state index in [2.05, 4.69) is 154 Å². The van der Waals surface area contributed by atoms with Gasteiger partial charge in [0.15, 0.2) is 6.10 Å². The minimum Gasteiger partial charge on any atom is -0.462 e. The normalized spacial score (nSPS) is 13.1. The highest BCUT2D eigenvalue weighted by atomic mass is 16.6. The highest BCUT2D eigenvalue weighted by Crippen LogP contribution is 2.14. The zero-order valence-electron chi connectivity index (χ0n) is 47.1. The summed E-state index contributed by atoms with van der Waals surface area (Å²) in [5.74, 6) is -0.993. The molecule has 0 aliphatic carbocycles. The molecule has 0 aromatic heterocycles. The molecule has 0 saturated heterocycles. The van der Waals surface area contributed by atoms with Crippen LogP contribution in [0.2, 0.25) is 0 Å². The van der Waals surface area contributed by atoms with Gasteiger partial charge in [0.05, 0.1) is 0 Å². The van der Waals surface area contributed by atoms with E-state index in [1.54, 1.807) is 0 Å². The molecule has 0 aliphatic heterocycles. The van der Waals surface area contributed by atoms with E-state index in [1.165, 1.54) is 83.5 Å². The van der Waals surface area contributed by atoms with Crippen LogP contribution in [0.4, 0.5) is 0 Å². The van der Waals surface area contributed by atoms with Crippen molar-refractivity contribution in [3.63, 3.8) is 0 Å². The second kappa shape index (κ2) is 60.1. The maximum absolute atomic E-state index is 12.9. The van der Waals surface area contributed by atoms with Gasteiger partial charge in [0.2, 0.25) is 0 Å². The summed E-state index contributed by atoms with van der Waals surface area (Å²) in [5.41, 5.74) is 0. The van der Waals surface area contributed by atoms with Crippen LogP contribution < -0.4 is 0 Å². The van der Waals surface area contributed by atoms with Gasteiger partial charge in [0.1, 0.15) is 13.2 Å². The van der Waals surface area contributed by atoms with Gasteiger partial charge in [0.25, 0.3) is 0 Å². The third-order valence-corrected chi connectivity index (χ3v) is 12.1. The molecule has 0 radical (unpaired) electrons. The van der Waals surface area contributed by atoms with E-state index in [0.29, 0.717) is 25.7 Å². The minimum atomic E-state index is -0.820. The molecular weight excluding hydrogens is 901 g/mol. The van der Waals surface area contributed by atoms with Gasteiger partial charge in [0, 0.05) is 19.3 Å². The summed E-state index contributed by atoms with van der Waals surface area (Å²) in [6.45, 7) is 6.33. The van der Waals surface area contributed by atoms with Gasteiger partial charge in [-0.15, -0.1) is 0 Å². The number of allylic oxidation sites excluding steroid dienone is 22. The first-order valence-corrected chi connectivity index (χ1v) is 29.7. The largest absolute Gasteiger partial charge is 0.462 e. The second-order valence-electron chi connectivity index (χ2n) is 19.1. The fraction of sp³-hybridized carbons (Fsp3) is 0.627. The van der Waals surface area contributed by atoms with Gasteiger partial charge in [-0.25, -0.2) is 0 Å². The van der Waals surface area contributed by atoms with Gasteiger partial charge in [-0.3, -0.25) is 14.4 Å². The number of carbonyl (C=O) groups is 3. The van der Waals surface area contributed by atoms with Crippen molar-refractivity contribution in [3.05, 3.63) is 134 Å². The van der Waals surface area contributed by atoms with Crippen LogP contribution in [-0.2, 0) is 28.6 Å². The van der Waals surface area contributed by atoms with Crippen molar-refractivity contribution >= 4 is 17.9 Å². The Bertz CT molecular complexity index is 1580. The monoisotopic (exact) mass is 1010 g/mol. The quantitative estimate of drug-likeness (QED) is 0.0261. The Balaban J connectivity index is 4.51. The number of unbranched alkanes of at least 4 members (excludes halogenated alkanes) is 19. The Labute approximate surface area is 449 Å². The summed E-state index contributed by atoms with van der Waals surface area (Å²) in [4.78, 5) is 38.2. The second-order valence-corrected chi connectivity index (χ2v) is 19.1. The van der Waals surface area contributed by atoms with Crippen molar-refractivity contribution in [2.24, 2.45) is 0 Å². The first-order valence-electron chi connectivity index (χ1n) is 29.7. The van der Waals surface area contributed by atoms with E-state index in [0.717, 1.165) is 116 Å². The Morgan fingerprint density at radius 1 is 0.288 bits per heavy atom. The van der Waals surface area contributed by atoms with Gasteiger partial charge in [-0.2, -0.15) is 0 Å². The van der Waals surface area contributed by atoms with E-state index < -0.39 is 6.10 Å². The molecule has 73 heavy (non-hydrogen) atoms. The molecular formula is C67H108O6. The molecule has 0 aromatic rings. The predicted octanol–water partition coefficient (Wildman–Crippen LogP) is 20.2. The van der Waals surface area contributed by atoms with Crippen molar-refractivity contribution in [2.75, 3.05) is 13.2 Å². The first-order chi connectivity index (χ1) is 36.0. The lowest BCUT2D eigenvalue weighted by Gasteiger charge is -2.18. The third kappa shape index (κ3) is 58.3. The SMILES string of the molecule is CC/C=C\C/C=C\C/C=C\C/C=C\C/C=C\CCCCCC(=O)OC(COC(=O)CCCC/C=C\C/C=C\C/C=C\C/C=C\CC)COC(=O)CCCCCCCCCCC/C=C\C/C=C\CCCCCCC. The predicted molar refractivity (Wildman–Crippen MR) is 316 cm³/mol. The zero-order valence-corrected chi connectivity index (χ0v) is 47.1. The molecule has 0 spiro atoms. The lowest BCUT2D eigenvalue weighted by Crippen LogP contribution is -2.30. The molecule has 0 fully saturated rings. The summed E-state index contributed by atoms with van der Waals surface area (Å²) in [7, 11) is 0. The molecule has 412 valence electrons. The van der Waals surface area contributed by atoms with Crippen LogP contribution in [-0.4, -0.2) is 37.2 Å². The topological polar surface area (TPSA) is 78.9 Å². The first kappa shape index (κ1) is 68.6. The number of esters is 3. The Morgan fingerprint density at radius 2 is 0.534 bits per heavy atom. The molecule has 1 atom stereocenters. The highest BCUT2D eigenvalue weighted by Gasteiger charge is 2.19. The Hall–Kier alpha value is -4.45. The lowest BCUT2D eigenvalue weighted by molar-refractivity contribution is -0.167. The fourth-order valence-electron chi connectivity index (χ4n) is 7.72. The summed E-state index contributed by atoms with van der Waals surface area (Å²) < 4.78 is 16.8. The van der Waals surface area contributed by atoms with E-state index in [-0.39, 0.29) is 37.5 Å². The van der Waals surface area contributed by atoms with Crippen LogP contribution in [0, 0.1) is 0 Å². The molecule has 0 aromatic carbocycles. The molecule has 6 heteroatoms. The van der Waals surface area contributed by atoms with Crippen LogP contribution in [0.25, 0.3) is 0 Å². The highest BCUT2D eigenvalue weighted by molar-refractivity contribution is 5.71. The Morgan fingerprint density at radius 3 is 0.877 bits per heavy atom. The van der Waals surface area contributed by atoms with Gasteiger partial charge < -0.3 is 14.2 Å². The fourth-order valence-corrected chi connectivity index (χ4v) is 7.72. The molecule has 1 unspecified atom stereocenters. The number of hydrogen-bond acceptors (Lipinski definition) is 6. The third-order valence-electron chi connectivity index (χ3n) is 12.1. The van der Waals surface area contributed by atoms with Gasteiger partial charge in [-0.1, -0.05) is 231 Å². The molecule has 6 nitrogen and oxygen atoms in total. The molecule has 0 N–H and O–H groups in total. The van der Waals surface area contributed by atoms with Crippen LogP contribution >= 0.6 is 0 Å². The van der Waals surface area contributed by atoms with Crippen LogP contribution in [0.15, 0.2) is 134 Å². The van der Waals surface area contributed by atoms with E-state index in [4.69, 9.17) is 14.2 Å². The number of carbonyl (C=O) groups excluding carboxylic acids is 3. The van der Waals surface area contributed by atoms with Crippen LogP contribution in [0.3, 0.4) is 0 Å². The van der Waals surface area contributed by atoms with Crippen LogP contribution in [0.1, 0.15) is 252 Å². The summed E-state index contributed by atoms with van der Waals surface area (Å²) in [5, 5.41) is 0. The number of ether oxygens (including phenoxy) is 3. The van der Waals surface area contributed by atoms with Gasteiger partial charge >= 0.3 is 17.9 Å². The van der Waals surface area contributed by atoms with Gasteiger partial charge in [-0.05, 0) is 135 Å². The lowest BCUT2D eigenvalue weighted by atomic mass is 10.1. The van der Waals surface area contributed by atoms with E-state index in [9.17, 15) is 14.4 Å². The minimum absolute atomic E-state index is 0.111. The van der Waals surface area contributed by atoms with Crippen molar-refractivity contribution < 1.29 is 28.6 Å². The van der Waals surface area contributed by atoms with E-state index in [1.807, 2.05) is 0 Å². The Kier molecular flexibility index (Phi) is 56.4. The standard InChI is InChI=1S/C67H108O6/c1-4-7-10-13-16-19-22-25-28-30-32-33-35-36-39-42-45-48-51-54-57-60-66(69)72-63-64(62-71-65(68)59-56-53-50-47-44-41-38-27-24-21-18-15-12-9-6-3)73-67(70)61-58-55-52-49-46-43-40-37-34-31-29-26-23-20-17-14-11-8-5-2/h8-9,11-12,17-18,20-22,25-27,29-30,32,34,37-38,43-44,46-47,64H,4-7,10,13-16,19,23-24,28,31,33,35-36,39-42,45,48-63H2,1-3H3/b11-8-,12-9-,20-17-,21-18-,25-22-,29-26-,32-30-,37-34-,38-27-,46-43-,47-44-. The molecule has 0 aliphatic rings. The van der Waals surface area contributed by atoms with E-state index >= 15 is 0 Å². The summed E-state index contributed by atoms with van der Waals surface area (Å²) in [6, 6.07) is 0. The average molecular weight is 1010 g/mol. The number of rotatable bonds is 52. The van der Waals surface area contributed by atoms with Crippen molar-refractivity contribution in [1.82, 2.24) is 0 Å². The smallest absolute Gasteiger partial charge is 0.306 e. The van der Waals surface area contributed by atoms with Crippen molar-refractivity contribution in [2.45, 2.75) is 258 Å². The summed E-state index contributed by atoms with van der Waals surface area (Å²) in [6.07, 6.45) is 84.5.